The number of hydrogen-bond acceptors (Lipinski definition) is 2. The lowest BCUT2D eigenvalue weighted by Gasteiger charge is -2.34. The van der Waals surface area contributed by atoms with Crippen molar-refractivity contribution in [2.45, 2.75) is 46.5 Å². The molecule has 90 valence electrons. The molecule has 0 aliphatic heterocycles. The van der Waals surface area contributed by atoms with E-state index in [4.69, 9.17) is 5.21 Å². The Hall–Kier alpha value is -0.530. The Balaban J connectivity index is 1.99. The fraction of sp³-hybridized carbons (Fsp3) is 0.929. The minimum atomic E-state index is 0.547. The van der Waals surface area contributed by atoms with E-state index in [1.54, 1.807) is 0 Å². The van der Waals surface area contributed by atoms with Crippen molar-refractivity contribution >= 4 is 5.71 Å². The van der Waals surface area contributed by atoms with Crippen molar-refractivity contribution in [2.75, 3.05) is 0 Å². The van der Waals surface area contributed by atoms with Crippen molar-refractivity contribution in [3.8, 4) is 0 Å². The van der Waals surface area contributed by atoms with E-state index in [1.165, 1.54) is 25.7 Å². The minimum Gasteiger partial charge on any atom is -0.411 e. The van der Waals surface area contributed by atoms with Crippen molar-refractivity contribution in [2.24, 2.45) is 40.2 Å². The Morgan fingerprint density at radius 2 is 2.12 bits per heavy atom. The molecule has 3 aliphatic carbocycles. The average molecular weight is 221 g/mol. The second-order valence-corrected chi connectivity index (χ2v) is 6.60. The zero-order valence-corrected chi connectivity index (χ0v) is 10.6. The average Bonchev–Trinajstić information content (AvgIpc) is 2.91. The molecular formula is C14H23NO. The summed E-state index contributed by atoms with van der Waals surface area (Å²) >= 11 is 0. The molecule has 2 bridgehead atoms. The largest absolute Gasteiger partial charge is 0.411 e. The van der Waals surface area contributed by atoms with Crippen molar-refractivity contribution in [3.05, 3.63) is 0 Å². The summed E-state index contributed by atoms with van der Waals surface area (Å²) in [4.78, 5) is 0. The van der Waals surface area contributed by atoms with Gasteiger partial charge >= 0.3 is 0 Å². The number of hydrogen-bond donors (Lipinski definition) is 1. The molecule has 3 rings (SSSR count). The summed E-state index contributed by atoms with van der Waals surface area (Å²) in [5.74, 6) is 3.85. The van der Waals surface area contributed by atoms with Crippen molar-refractivity contribution in [1.29, 1.82) is 0 Å². The highest BCUT2D eigenvalue weighted by atomic mass is 16.4. The summed E-state index contributed by atoms with van der Waals surface area (Å²) in [5, 5.41) is 12.6. The van der Waals surface area contributed by atoms with Crippen LogP contribution in [0.5, 0.6) is 0 Å². The van der Waals surface area contributed by atoms with E-state index in [0.29, 0.717) is 17.3 Å². The van der Waals surface area contributed by atoms with Crippen LogP contribution in [0.2, 0.25) is 0 Å². The van der Waals surface area contributed by atoms with Gasteiger partial charge in [-0.2, -0.15) is 0 Å². The van der Waals surface area contributed by atoms with Gasteiger partial charge in [-0.15, -0.1) is 0 Å². The van der Waals surface area contributed by atoms with Crippen LogP contribution in [-0.4, -0.2) is 10.9 Å². The summed E-state index contributed by atoms with van der Waals surface area (Å²) < 4.78 is 0. The van der Waals surface area contributed by atoms with Gasteiger partial charge in [0, 0.05) is 5.92 Å². The summed E-state index contributed by atoms with van der Waals surface area (Å²) in [7, 11) is 0. The number of rotatable bonds is 1. The summed E-state index contributed by atoms with van der Waals surface area (Å²) in [6.07, 6.45) is 5.74. The molecule has 0 aromatic rings. The molecule has 1 N–H and O–H groups in total. The zero-order valence-electron chi connectivity index (χ0n) is 10.6. The third kappa shape index (κ3) is 1.06. The Bertz CT molecular complexity index is 338. The molecule has 0 amide bonds. The summed E-state index contributed by atoms with van der Waals surface area (Å²) in [5.41, 5.74) is 1.59. The van der Waals surface area contributed by atoms with Crippen LogP contribution in [0.15, 0.2) is 5.16 Å². The molecule has 3 fully saturated rings. The Kier molecular flexibility index (Phi) is 2.15. The predicted molar refractivity (Wildman–Crippen MR) is 64.6 cm³/mol. The van der Waals surface area contributed by atoms with Gasteiger partial charge in [-0.05, 0) is 61.7 Å². The number of fused-ring (bicyclic) bond motifs is 1. The summed E-state index contributed by atoms with van der Waals surface area (Å²) in [6, 6.07) is 0. The van der Waals surface area contributed by atoms with Gasteiger partial charge in [-0.3, -0.25) is 0 Å². The first-order valence-corrected chi connectivity index (χ1v) is 6.78. The molecule has 1 spiro atoms. The predicted octanol–water partition coefficient (Wildman–Crippen LogP) is 3.54. The lowest BCUT2D eigenvalue weighted by Crippen LogP contribution is -2.28. The van der Waals surface area contributed by atoms with E-state index < -0.39 is 0 Å². The van der Waals surface area contributed by atoms with Crippen LogP contribution in [0.4, 0.5) is 0 Å². The zero-order chi connectivity index (χ0) is 11.5. The van der Waals surface area contributed by atoms with Gasteiger partial charge in [-0.1, -0.05) is 19.0 Å². The SMILES string of the molecule is CC(=NO)C1C(C)C(C)[C@@]23CC[C@@H](CC12)C3. The van der Waals surface area contributed by atoms with Crippen LogP contribution >= 0.6 is 0 Å². The first kappa shape index (κ1) is 10.6. The molecule has 3 aliphatic rings. The minimum absolute atomic E-state index is 0.547. The second kappa shape index (κ2) is 3.24. The summed E-state index contributed by atoms with van der Waals surface area (Å²) in [6.45, 7) is 6.82. The lowest BCUT2D eigenvalue weighted by molar-refractivity contribution is 0.156. The third-order valence-electron chi connectivity index (χ3n) is 6.35. The molecular weight excluding hydrogens is 198 g/mol. The second-order valence-electron chi connectivity index (χ2n) is 6.60. The van der Waals surface area contributed by atoms with Crippen LogP contribution in [0.25, 0.3) is 0 Å². The molecule has 4 unspecified atom stereocenters. The highest BCUT2D eigenvalue weighted by Gasteiger charge is 2.63. The first-order chi connectivity index (χ1) is 7.60. The molecule has 0 aromatic carbocycles. The topological polar surface area (TPSA) is 32.6 Å². The molecule has 2 heteroatoms. The maximum absolute atomic E-state index is 9.08. The van der Waals surface area contributed by atoms with Gasteiger partial charge in [0.25, 0.3) is 0 Å². The van der Waals surface area contributed by atoms with Crippen molar-refractivity contribution < 1.29 is 5.21 Å². The lowest BCUT2D eigenvalue weighted by atomic mass is 9.71. The molecule has 0 radical (unpaired) electrons. The fourth-order valence-corrected chi connectivity index (χ4v) is 5.54. The quantitative estimate of drug-likeness (QED) is 0.410. The molecule has 0 aromatic heterocycles. The standard InChI is InChI=1S/C14H23NO/c1-8-9(2)14-5-4-11(7-14)6-12(14)13(8)10(3)15-16/h8-9,11-13,16H,4-7H2,1-3H3/t8?,9?,11-,12?,13?,14-/m0/s1. The van der Waals surface area contributed by atoms with E-state index in [-0.39, 0.29) is 0 Å². The van der Waals surface area contributed by atoms with Crippen molar-refractivity contribution in [3.63, 3.8) is 0 Å². The van der Waals surface area contributed by atoms with Crippen LogP contribution in [0, 0.1) is 35.0 Å². The number of oxime groups is 1. The van der Waals surface area contributed by atoms with Gasteiger partial charge in [-0.25, -0.2) is 0 Å². The van der Waals surface area contributed by atoms with Gasteiger partial charge < -0.3 is 5.21 Å². The number of nitrogens with zero attached hydrogens (tertiary/aromatic N) is 1. The van der Waals surface area contributed by atoms with E-state index in [9.17, 15) is 0 Å². The van der Waals surface area contributed by atoms with Crippen LogP contribution in [0.1, 0.15) is 46.5 Å². The fourth-order valence-electron chi connectivity index (χ4n) is 5.54. The van der Waals surface area contributed by atoms with Crippen LogP contribution in [0.3, 0.4) is 0 Å². The van der Waals surface area contributed by atoms with Crippen LogP contribution < -0.4 is 0 Å². The maximum Gasteiger partial charge on any atom is 0.0576 e. The van der Waals surface area contributed by atoms with E-state index in [0.717, 1.165) is 23.5 Å². The van der Waals surface area contributed by atoms with E-state index >= 15 is 0 Å². The van der Waals surface area contributed by atoms with E-state index in [2.05, 4.69) is 19.0 Å². The maximum atomic E-state index is 9.08. The Morgan fingerprint density at radius 3 is 2.75 bits per heavy atom. The van der Waals surface area contributed by atoms with Crippen molar-refractivity contribution in [1.82, 2.24) is 0 Å². The molecule has 16 heavy (non-hydrogen) atoms. The molecule has 3 saturated carbocycles. The molecule has 6 atom stereocenters. The highest BCUT2D eigenvalue weighted by Crippen LogP contribution is 2.70. The molecule has 2 nitrogen and oxygen atoms in total. The molecule has 0 heterocycles. The first-order valence-electron chi connectivity index (χ1n) is 6.78. The van der Waals surface area contributed by atoms with E-state index in [1.807, 2.05) is 6.92 Å². The third-order valence-corrected chi connectivity index (χ3v) is 6.35. The molecule has 0 saturated heterocycles. The van der Waals surface area contributed by atoms with Gasteiger partial charge in [0.2, 0.25) is 0 Å². The van der Waals surface area contributed by atoms with Gasteiger partial charge in [0.15, 0.2) is 0 Å². The van der Waals surface area contributed by atoms with Crippen LogP contribution in [-0.2, 0) is 0 Å². The van der Waals surface area contributed by atoms with Gasteiger partial charge in [0.1, 0.15) is 0 Å². The monoisotopic (exact) mass is 221 g/mol. The smallest absolute Gasteiger partial charge is 0.0576 e. The highest BCUT2D eigenvalue weighted by molar-refractivity contribution is 5.85. The van der Waals surface area contributed by atoms with Gasteiger partial charge in [0.05, 0.1) is 5.71 Å². The normalized spacial score (nSPS) is 55.7. The Morgan fingerprint density at radius 1 is 1.38 bits per heavy atom. The Labute approximate surface area is 98.1 Å².